The molecule has 0 bridgehead atoms. The van der Waals surface area contributed by atoms with Crippen molar-refractivity contribution in [1.82, 2.24) is 10.6 Å². The minimum Gasteiger partial charge on any atom is -0.497 e. The molecule has 1 aromatic rings. The van der Waals surface area contributed by atoms with Crippen molar-refractivity contribution >= 4 is 17.7 Å². The first-order chi connectivity index (χ1) is 11.3. The number of guanidine groups is 1. The van der Waals surface area contributed by atoms with E-state index in [0.717, 1.165) is 44.2 Å². The van der Waals surface area contributed by atoms with E-state index in [0.29, 0.717) is 0 Å². The van der Waals surface area contributed by atoms with Gasteiger partial charge in [0.05, 0.1) is 7.11 Å². The van der Waals surface area contributed by atoms with Gasteiger partial charge in [-0.3, -0.25) is 4.99 Å². The van der Waals surface area contributed by atoms with Crippen LogP contribution in [0.3, 0.4) is 0 Å². The second-order valence-electron chi connectivity index (χ2n) is 5.34. The average molecular weight is 338 g/mol. The fraction of sp³-hybridized carbons (Fsp3) is 0.611. The Bertz CT molecular complexity index is 452. The number of nitrogens with one attached hydrogen (secondary N) is 2. The fourth-order valence-corrected chi connectivity index (χ4v) is 2.71. The molecule has 1 aromatic carbocycles. The first-order valence-electron chi connectivity index (χ1n) is 8.44. The molecule has 0 aromatic heterocycles. The molecule has 23 heavy (non-hydrogen) atoms. The summed E-state index contributed by atoms with van der Waals surface area (Å²) in [6, 6.07) is 8.25. The number of rotatable bonds is 11. The topological polar surface area (TPSA) is 45.7 Å². The lowest BCUT2D eigenvalue weighted by atomic mass is 10.1. The lowest BCUT2D eigenvalue weighted by Crippen LogP contribution is -2.37. The number of hydrogen-bond donors (Lipinski definition) is 2. The lowest BCUT2D eigenvalue weighted by molar-refractivity contribution is 0.414. The Morgan fingerprint density at radius 3 is 2.83 bits per heavy atom. The van der Waals surface area contributed by atoms with Crippen LogP contribution >= 0.6 is 11.8 Å². The van der Waals surface area contributed by atoms with Crippen molar-refractivity contribution in [2.24, 2.45) is 4.99 Å². The molecule has 5 heteroatoms. The maximum atomic E-state index is 5.25. The van der Waals surface area contributed by atoms with Crippen LogP contribution in [0.25, 0.3) is 0 Å². The Balaban J connectivity index is 2.29. The van der Waals surface area contributed by atoms with E-state index in [-0.39, 0.29) is 0 Å². The van der Waals surface area contributed by atoms with Crippen molar-refractivity contribution in [2.75, 3.05) is 38.8 Å². The Hall–Kier alpha value is -1.36. The monoisotopic (exact) mass is 337 g/mol. The molecule has 0 unspecified atom stereocenters. The molecule has 0 saturated carbocycles. The van der Waals surface area contributed by atoms with E-state index in [1.54, 1.807) is 7.11 Å². The zero-order valence-corrected chi connectivity index (χ0v) is 15.5. The Kier molecular flexibility index (Phi) is 11.2. The summed E-state index contributed by atoms with van der Waals surface area (Å²) in [5.74, 6) is 3.09. The molecule has 0 atom stereocenters. The molecule has 0 aliphatic rings. The highest BCUT2D eigenvalue weighted by molar-refractivity contribution is 7.98. The number of nitrogens with zero attached hydrogens (tertiary/aromatic N) is 1. The average Bonchev–Trinajstić information content (AvgIpc) is 2.58. The first kappa shape index (κ1) is 19.7. The Labute approximate surface area is 145 Å². The SMILES string of the molecule is CCNC(=NCCCc1cccc(OC)c1)NCCCCSC. The summed E-state index contributed by atoms with van der Waals surface area (Å²) in [6.07, 6.45) is 6.66. The predicted octanol–water partition coefficient (Wildman–Crippen LogP) is 3.33. The molecular weight excluding hydrogens is 306 g/mol. The Morgan fingerprint density at radius 2 is 2.09 bits per heavy atom. The smallest absolute Gasteiger partial charge is 0.191 e. The van der Waals surface area contributed by atoms with Gasteiger partial charge < -0.3 is 15.4 Å². The third-order valence-corrected chi connectivity index (χ3v) is 4.14. The number of benzene rings is 1. The van der Waals surface area contributed by atoms with Gasteiger partial charge >= 0.3 is 0 Å². The maximum absolute atomic E-state index is 5.25. The van der Waals surface area contributed by atoms with Crippen molar-refractivity contribution in [2.45, 2.75) is 32.6 Å². The van der Waals surface area contributed by atoms with Gasteiger partial charge in [-0.1, -0.05) is 12.1 Å². The number of aliphatic imine (C=N–C) groups is 1. The molecule has 0 aliphatic heterocycles. The third-order valence-electron chi connectivity index (χ3n) is 3.44. The zero-order chi connectivity index (χ0) is 16.8. The van der Waals surface area contributed by atoms with Crippen LogP contribution in [0.2, 0.25) is 0 Å². The summed E-state index contributed by atoms with van der Waals surface area (Å²) in [7, 11) is 1.71. The first-order valence-corrected chi connectivity index (χ1v) is 9.83. The van der Waals surface area contributed by atoms with Crippen LogP contribution in [0.4, 0.5) is 0 Å². The van der Waals surface area contributed by atoms with Gasteiger partial charge in [0.2, 0.25) is 0 Å². The molecule has 0 radical (unpaired) electrons. The van der Waals surface area contributed by atoms with Gasteiger partial charge in [0.25, 0.3) is 0 Å². The molecule has 0 saturated heterocycles. The van der Waals surface area contributed by atoms with Gasteiger partial charge in [-0.15, -0.1) is 0 Å². The van der Waals surface area contributed by atoms with Gasteiger partial charge in [-0.05, 0) is 62.3 Å². The van der Waals surface area contributed by atoms with Gasteiger partial charge in [0.1, 0.15) is 5.75 Å². The van der Waals surface area contributed by atoms with Gasteiger partial charge in [0.15, 0.2) is 5.96 Å². The number of aryl methyl sites for hydroxylation is 1. The number of methoxy groups -OCH3 is 1. The number of hydrogen-bond acceptors (Lipinski definition) is 3. The molecule has 0 fully saturated rings. The van der Waals surface area contributed by atoms with Crippen LogP contribution in [0.15, 0.2) is 29.3 Å². The van der Waals surface area contributed by atoms with Crippen LogP contribution in [-0.4, -0.2) is 44.7 Å². The molecule has 1 rings (SSSR count). The highest BCUT2D eigenvalue weighted by Gasteiger charge is 1.98. The summed E-state index contributed by atoms with van der Waals surface area (Å²) < 4.78 is 5.25. The fourth-order valence-electron chi connectivity index (χ4n) is 2.22. The van der Waals surface area contributed by atoms with E-state index in [4.69, 9.17) is 4.74 Å². The van der Waals surface area contributed by atoms with Crippen LogP contribution in [0, 0.1) is 0 Å². The van der Waals surface area contributed by atoms with Gasteiger partial charge in [-0.25, -0.2) is 0 Å². The van der Waals surface area contributed by atoms with Crippen LogP contribution < -0.4 is 15.4 Å². The standard InChI is InChI=1S/C18H31N3OS/c1-4-19-18(20-12-5-6-14-23-3)21-13-8-10-16-9-7-11-17(15-16)22-2/h7,9,11,15H,4-6,8,10,12-14H2,1-3H3,(H2,19,20,21). The maximum Gasteiger partial charge on any atom is 0.191 e. The third kappa shape index (κ3) is 9.39. The molecule has 4 nitrogen and oxygen atoms in total. The van der Waals surface area contributed by atoms with Crippen molar-refractivity contribution in [3.05, 3.63) is 29.8 Å². The van der Waals surface area contributed by atoms with E-state index < -0.39 is 0 Å². The Morgan fingerprint density at radius 1 is 1.22 bits per heavy atom. The van der Waals surface area contributed by atoms with Crippen molar-refractivity contribution in [3.63, 3.8) is 0 Å². The lowest BCUT2D eigenvalue weighted by Gasteiger charge is -2.11. The molecule has 2 N–H and O–H groups in total. The summed E-state index contributed by atoms with van der Waals surface area (Å²) in [4.78, 5) is 4.65. The summed E-state index contributed by atoms with van der Waals surface area (Å²) in [6.45, 7) is 4.81. The van der Waals surface area contributed by atoms with E-state index in [2.05, 4.69) is 40.9 Å². The van der Waals surface area contributed by atoms with Crippen molar-refractivity contribution in [1.29, 1.82) is 0 Å². The summed E-state index contributed by atoms with van der Waals surface area (Å²) in [5.41, 5.74) is 1.30. The molecule has 0 aliphatic carbocycles. The number of thioether (sulfide) groups is 1. The van der Waals surface area contributed by atoms with Crippen molar-refractivity contribution in [3.8, 4) is 5.75 Å². The van der Waals surface area contributed by atoms with Crippen molar-refractivity contribution < 1.29 is 4.74 Å². The molecular formula is C18H31N3OS. The molecule has 0 spiro atoms. The van der Waals surface area contributed by atoms with Gasteiger partial charge in [-0.2, -0.15) is 11.8 Å². The predicted molar refractivity (Wildman–Crippen MR) is 103 cm³/mol. The zero-order valence-electron chi connectivity index (χ0n) is 14.7. The quantitative estimate of drug-likeness (QED) is 0.369. The summed E-state index contributed by atoms with van der Waals surface area (Å²) >= 11 is 1.91. The largest absolute Gasteiger partial charge is 0.497 e. The summed E-state index contributed by atoms with van der Waals surface area (Å²) in [5, 5.41) is 6.71. The molecule has 0 heterocycles. The van der Waals surface area contributed by atoms with E-state index in [1.807, 2.05) is 23.9 Å². The highest BCUT2D eigenvalue weighted by atomic mass is 32.2. The van der Waals surface area contributed by atoms with Gasteiger partial charge in [0, 0.05) is 19.6 Å². The number of ether oxygens (including phenoxy) is 1. The van der Waals surface area contributed by atoms with E-state index in [1.165, 1.54) is 24.2 Å². The van der Waals surface area contributed by atoms with Crippen LogP contribution in [0.5, 0.6) is 5.75 Å². The second kappa shape index (κ2) is 13.1. The molecule has 0 amide bonds. The second-order valence-corrected chi connectivity index (χ2v) is 6.33. The number of unbranched alkanes of at least 4 members (excludes halogenated alkanes) is 1. The van der Waals surface area contributed by atoms with E-state index in [9.17, 15) is 0 Å². The van der Waals surface area contributed by atoms with Crippen LogP contribution in [0.1, 0.15) is 31.7 Å². The van der Waals surface area contributed by atoms with Crippen LogP contribution in [-0.2, 0) is 6.42 Å². The normalized spacial score (nSPS) is 11.3. The minimum atomic E-state index is 0.831. The minimum absolute atomic E-state index is 0.831. The van der Waals surface area contributed by atoms with E-state index >= 15 is 0 Å². The molecule has 130 valence electrons. The highest BCUT2D eigenvalue weighted by Crippen LogP contribution is 2.13.